The zero-order chi connectivity index (χ0) is 35.1. The molecule has 266 valence electrons. The summed E-state index contributed by atoms with van der Waals surface area (Å²) in [4.78, 5) is 18.6. The van der Waals surface area contributed by atoms with Crippen LogP contribution >= 0.6 is 23.2 Å². The Morgan fingerprint density at radius 2 is 1.67 bits per heavy atom. The third-order valence-electron chi connectivity index (χ3n) is 9.28. The van der Waals surface area contributed by atoms with E-state index in [-0.39, 0.29) is 38.1 Å². The first-order valence-electron chi connectivity index (χ1n) is 17.0. The van der Waals surface area contributed by atoms with Gasteiger partial charge >= 0.3 is 0 Å². The predicted molar refractivity (Wildman–Crippen MR) is 186 cm³/mol. The second kappa shape index (κ2) is 16.9. The van der Waals surface area contributed by atoms with Crippen molar-refractivity contribution in [2.75, 3.05) is 19.7 Å². The van der Waals surface area contributed by atoms with E-state index in [1.807, 2.05) is 42.6 Å². The average molecular weight is 718 g/mol. The maximum absolute atomic E-state index is 12.8. The number of hydrogen-bond acceptors (Lipinski definition) is 9. The van der Waals surface area contributed by atoms with Crippen LogP contribution in [0.1, 0.15) is 68.6 Å². The first-order chi connectivity index (χ1) is 23.6. The van der Waals surface area contributed by atoms with E-state index in [9.17, 15) is 25.2 Å². The predicted octanol–water partition coefficient (Wildman–Crippen LogP) is 4.80. The fourth-order valence-electron chi connectivity index (χ4n) is 5.96. The molecule has 3 aromatic rings. The van der Waals surface area contributed by atoms with Gasteiger partial charge < -0.3 is 39.9 Å². The summed E-state index contributed by atoms with van der Waals surface area (Å²) < 4.78 is 12.8. The fourth-order valence-corrected chi connectivity index (χ4v) is 6.48. The quantitative estimate of drug-likeness (QED) is 0.110. The average Bonchev–Trinajstić information content (AvgIpc) is 4.06. The monoisotopic (exact) mass is 716 g/mol. The number of likely N-dealkylation sites (N-methyl/N-ethyl adjacent to an activating group) is 1. The van der Waals surface area contributed by atoms with Crippen LogP contribution in [0.2, 0.25) is 10.0 Å². The third-order valence-corrected chi connectivity index (χ3v) is 9.99. The summed E-state index contributed by atoms with van der Waals surface area (Å²) in [6.07, 6.45) is 3.34. The van der Waals surface area contributed by atoms with E-state index in [0.29, 0.717) is 29.3 Å². The molecule has 0 bridgehead atoms. The largest absolute Gasteiger partial charge is 0.490 e. The van der Waals surface area contributed by atoms with Crippen LogP contribution in [0.3, 0.4) is 0 Å². The van der Waals surface area contributed by atoms with Gasteiger partial charge in [0, 0.05) is 53.1 Å². The van der Waals surface area contributed by atoms with Crippen LogP contribution in [0.15, 0.2) is 54.9 Å². The summed E-state index contributed by atoms with van der Waals surface area (Å²) in [5.41, 5.74) is 4.29. The van der Waals surface area contributed by atoms with Gasteiger partial charge in [-0.3, -0.25) is 9.78 Å². The lowest BCUT2D eigenvalue weighted by Crippen LogP contribution is -2.50. The summed E-state index contributed by atoms with van der Waals surface area (Å²) in [5, 5.41) is 49.9. The molecule has 0 aliphatic heterocycles. The van der Waals surface area contributed by atoms with Gasteiger partial charge in [-0.15, -0.1) is 0 Å². The van der Waals surface area contributed by atoms with Crippen molar-refractivity contribution in [3.63, 3.8) is 0 Å². The summed E-state index contributed by atoms with van der Waals surface area (Å²) >= 11 is 13.4. The molecule has 10 nitrogen and oxygen atoms in total. The van der Waals surface area contributed by atoms with Crippen LogP contribution < -0.4 is 4.74 Å². The maximum atomic E-state index is 12.8. The zero-order valence-electron chi connectivity index (χ0n) is 27.7. The second-order valence-corrected chi connectivity index (χ2v) is 13.8. The molecule has 2 fully saturated rings. The number of aryl methyl sites for hydroxylation is 1. The van der Waals surface area contributed by atoms with Crippen molar-refractivity contribution < 1.29 is 39.8 Å². The van der Waals surface area contributed by atoms with Crippen LogP contribution in [-0.4, -0.2) is 91.5 Å². The van der Waals surface area contributed by atoms with Crippen LogP contribution in [0.4, 0.5) is 0 Å². The number of carbonyl (C=O) groups excluding carboxylic acids is 1. The van der Waals surface area contributed by atoms with Crippen LogP contribution in [0.5, 0.6) is 5.75 Å². The molecule has 0 radical (unpaired) electrons. The fraction of sp³-hybridized carbons (Fsp3) is 0.514. The number of para-hydroxylation sites is 1. The van der Waals surface area contributed by atoms with Crippen LogP contribution in [-0.2, 0) is 28.2 Å². The van der Waals surface area contributed by atoms with Gasteiger partial charge in [-0.2, -0.15) is 0 Å². The van der Waals surface area contributed by atoms with E-state index < -0.39 is 36.6 Å². The molecule has 1 unspecified atom stereocenters. The summed E-state index contributed by atoms with van der Waals surface area (Å²) in [5.74, 6) is 0.657. The Kier molecular flexibility index (Phi) is 12.9. The third kappa shape index (κ3) is 9.51. The van der Waals surface area contributed by atoms with Crippen molar-refractivity contribution in [3.05, 3.63) is 81.6 Å². The molecule has 2 saturated carbocycles. The number of benzene rings is 2. The summed E-state index contributed by atoms with van der Waals surface area (Å²) in [6.45, 7) is 1.33. The number of nitrogens with zero attached hydrogens (tertiary/aromatic N) is 2. The lowest BCUT2D eigenvalue weighted by Gasteiger charge is -2.30. The molecule has 5 rings (SSSR count). The van der Waals surface area contributed by atoms with Gasteiger partial charge in [0.05, 0.1) is 24.9 Å². The van der Waals surface area contributed by atoms with Gasteiger partial charge in [0.1, 0.15) is 30.2 Å². The van der Waals surface area contributed by atoms with E-state index in [1.54, 1.807) is 13.1 Å². The van der Waals surface area contributed by atoms with E-state index in [2.05, 4.69) is 11.1 Å². The molecular formula is C37H46Cl2N2O8. The number of halogens is 2. The first kappa shape index (κ1) is 37.5. The first-order valence-corrected chi connectivity index (χ1v) is 17.7. The maximum Gasteiger partial charge on any atom is 0.222 e. The molecule has 1 heterocycles. The van der Waals surface area contributed by atoms with E-state index >= 15 is 0 Å². The molecule has 1 amide bonds. The van der Waals surface area contributed by atoms with E-state index in [1.165, 1.54) is 4.90 Å². The SMILES string of the molecule is CCN(C[C@H](O)[C@@H](O)C(O)[C@H](O)CO)C(=O)CCCCc1cc(Cl)c(COC2(c3cnccc3-c3ccccc3OC3CC3)CC2)cc1Cl. The molecule has 12 heteroatoms. The molecule has 5 N–H and O–H groups in total. The lowest BCUT2D eigenvalue weighted by molar-refractivity contribution is -0.139. The van der Waals surface area contributed by atoms with Crippen molar-refractivity contribution in [1.29, 1.82) is 0 Å². The molecular weight excluding hydrogens is 671 g/mol. The smallest absolute Gasteiger partial charge is 0.222 e. The lowest BCUT2D eigenvalue weighted by atomic mass is 9.96. The minimum atomic E-state index is -1.74. The zero-order valence-corrected chi connectivity index (χ0v) is 29.2. The minimum Gasteiger partial charge on any atom is -0.490 e. The molecule has 2 aliphatic rings. The molecule has 0 saturated heterocycles. The number of pyridine rings is 1. The Hall–Kier alpha value is -2.80. The normalized spacial score (nSPS) is 17.6. The van der Waals surface area contributed by atoms with Crippen LogP contribution in [0, 0.1) is 0 Å². The standard InChI is InChI=1S/C37H46Cl2N2O8/c1-2-41(20-31(43)35(46)36(47)32(44)21-42)34(45)10-6-3-7-23-17-30(39)24(18-29(23)38)22-48-37(14-15-37)28-19-40-16-13-26(28)27-8-4-5-9-33(27)49-25-11-12-25/h4-5,8-9,13,16-19,25,31-32,35-36,42-44,46-47H,2-3,6-7,10-12,14-15,20-22H2,1H3/t31-,32+,35+,36?/m0/s1. The number of amides is 1. The van der Waals surface area contributed by atoms with Crippen molar-refractivity contribution in [1.82, 2.24) is 9.88 Å². The summed E-state index contributed by atoms with van der Waals surface area (Å²) in [6, 6.07) is 13.8. The number of carbonyl (C=O) groups is 1. The number of hydrogen-bond donors (Lipinski definition) is 5. The highest BCUT2D eigenvalue weighted by atomic mass is 35.5. The minimum absolute atomic E-state index is 0.214. The van der Waals surface area contributed by atoms with Gasteiger partial charge in [0.25, 0.3) is 0 Å². The molecule has 49 heavy (non-hydrogen) atoms. The van der Waals surface area contributed by atoms with Crippen molar-refractivity contribution in [2.45, 2.75) is 101 Å². The van der Waals surface area contributed by atoms with Crippen molar-refractivity contribution >= 4 is 29.1 Å². The number of aliphatic hydroxyl groups is 5. The number of rotatable bonds is 19. The van der Waals surface area contributed by atoms with E-state index in [0.717, 1.165) is 59.3 Å². The van der Waals surface area contributed by atoms with Crippen molar-refractivity contribution in [2.24, 2.45) is 0 Å². The number of ether oxygens (including phenoxy) is 2. The van der Waals surface area contributed by atoms with Gasteiger partial charge in [-0.25, -0.2) is 0 Å². The summed E-state index contributed by atoms with van der Waals surface area (Å²) in [7, 11) is 0. The Morgan fingerprint density at radius 3 is 2.37 bits per heavy atom. The molecule has 0 spiro atoms. The highest BCUT2D eigenvalue weighted by Gasteiger charge is 2.48. The van der Waals surface area contributed by atoms with Gasteiger partial charge in [-0.05, 0) is 92.8 Å². The van der Waals surface area contributed by atoms with Crippen molar-refractivity contribution in [3.8, 4) is 16.9 Å². The topological polar surface area (TPSA) is 153 Å². The highest BCUT2D eigenvalue weighted by molar-refractivity contribution is 6.34. The van der Waals surface area contributed by atoms with E-state index in [4.69, 9.17) is 37.8 Å². The van der Waals surface area contributed by atoms with Gasteiger partial charge in [0.15, 0.2) is 0 Å². The highest BCUT2D eigenvalue weighted by Crippen LogP contribution is 2.53. The Morgan fingerprint density at radius 1 is 0.980 bits per heavy atom. The Bertz CT molecular complexity index is 1570. The molecule has 1 aromatic heterocycles. The molecule has 2 aliphatic carbocycles. The Balaban J connectivity index is 1.14. The van der Waals surface area contributed by atoms with Gasteiger partial charge in [0.2, 0.25) is 5.91 Å². The number of unbranched alkanes of at least 4 members (excludes halogenated alkanes) is 1. The number of aliphatic hydroxyl groups excluding tert-OH is 5. The molecule has 2 aromatic carbocycles. The van der Waals surface area contributed by atoms with Gasteiger partial charge in [-0.1, -0.05) is 41.4 Å². The molecule has 4 atom stereocenters. The number of aromatic nitrogens is 1. The van der Waals surface area contributed by atoms with Crippen LogP contribution in [0.25, 0.3) is 11.1 Å². The Labute approximate surface area is 297 Å². The second-order valence-electron chi connectivity index (χ2n) is 13.0.